The number of nitrogens with zero attached hydrogens (tertiary/aromatic N) is 1. The molecule has 1 aromatic rings. The molecule has 5 heteroatoms. The van der Waals surface area contributed by atoms with Crippen molar-refractivity contribution < 1.29 is 9.59 Å². The number of amides is 2. The van der Waals surface area contributed by atoms with Crippen molar-refractivity contribution in [2.75, 3.05) is 7.05 Å². The summed E-state index contributed by atoms with van der Waals surface area (Å²) >= 11 is 0. The molecule has 0 unspecified atom stereocenters. The SMILES string of the molecule is CN=C1NC(=O)C(c2ccc(C)cc2)C(=O)N1. The molecule has 88 valence electrons. The lowest BCUT2D eigenvalue weighted by Crippen LogP contribution is -2.55. The maximum Gasteiger partial charge on any atom is 0.243 e. The van der Waals surface area contributed by atoms with Gasteiger partial charge in [0.05, 0.1) is 0 Å². The Morgan fingerprint density at radius 1 is 1.06 bits per heavy atom. The van der Waals surface area contributed by atoms with Crippen LogP contribution in [0.15, 0.2) is 29.3 Å². The molecule has 17 heavy (non-hydrogen) atoms. The van der Waals surface area contributed by atoms with Crippen LogP contribution < -0.4 is 10.6 Å². The highest BCUT2D eigenvalue weighted by Crippen LogP contribution is 2.18. The van der Waals surface area contributed by atoms with Crippen LogP contribution in [-0.4, -0.2) is 24.8 Å². The largest absolute Gasteiger partial charge is 0.295 e. The summed E-state index contributed by atoms with van der Waals surface area (Å²) in [4.78, 5) is 27.4. The van der Waals surface area contributed by atoms with Crippen LogP contribution in [0.1, 0.15) is 17.0 Å². The zero-order valence-electron chi connectivity index (χ0n) is 9.65. The van der Waals surface area contributed by atoms with Crippen molar-refractivity contribution in [1.82, 2.24) is 10.6 Å². The Kier molecular flexibility index (Phi) is 2.91. The maximum absolute atomic E-state index is 11.8. The summed E-state index contributed by atoms with van der Waals surface area (Å²) in [5.74, 6) is -1.30. The second-order valence-corrected chi connectivity index (χ2v) is 3.89. The lowest BCUT2D eigenvalue weighted by Gasteiger charge is -2.23. The highest BCUT2D eigenvalue weighted by atomic mass is 16.2. The molecule has 0 aromatic heterocycles. The summed E-state index contributed by atoms with van der Waals surface area (Å²) in [5.41, 5.74) is 1.77. The Morgan fingerprint density at radius 3 is 2.06 bits per heavy atom. The van der Waals surface area contributed by atoms with E-state index in [4.69, 9.17) is 0 Å². The summed E-state index contributed by atoms with van der Waals surface area (Å²) in [6, 6.07) is 7.32. The molecule has 2 rings (SSSR count). The summed E-state index contributed by atoms with van der Waals surface area (Å²) < 4.78 is 0. The first kappa shape index (κ1) is 11.3. The van der Waals surface area contributed by atoms with Gasteiger partial charge in [0.25, 0.3) is 0 Å². The van der Waals surface area contributed by atoms with E-state index in [1.54, 1.807) is 12.1 Å². The van der Waals surface area contributed by atoms with Crippen LogP contribution >= 0.6 is 0 Å². The van der Waals surface area contributed by atoms with E-state index in [9.17, 15) is 9.59 Å². The lowest BCUT2D eigenvalue weighted by atomic mass is 9.95. The lowest BCUT2D eigenvalue weighted by molar-refractivity contribution is -0.131. The van der Waals surface area contributed by atoms with Crippen LogP contribution in [0.3, 0.4) is 0 Å². The fourth-order valence-electron chi connectivity index (χ4n) is 1.70. The van der Waals surface area contributed by atoms with Crippen LogP contribution in [0.4, 0.5) is 0 Å². The number of rotatable bonds is 1. The van der Waals surface area contributed by atoms with E-state index in [-0.39, 0.29) is 17.8 Å². The molecule has 1 aliphatic heterocycles. The summed E-state index contributed by atoms with van der Waals surface area (Å²) in [6.45, 7) is 1.95. The third-order valence-electron chi connectivity index (χ3n) is 2.64. The smallest absolute Gasteiger partial charge is 0.243 e. The van der Waals surface area contributed by atoms with E-state index in [0.717, 1.165) is 5.56 Å². The van der Waals surface area contributed by atoms with Crippen LogP contribution in [0, 0.1) is 6.92 Å². The normalized spacial score (nSPS) is 19.6. The van der Waals surface area contributed by atoms with Gasteiger partial charge in [0.15, 0.2) is 0 Å². The number of hydrogen-bond donors (Lipinski definition) is 2. The molecule has 0 atom stereocenters. The molecule has 0 bridgehead atoms. The Morgan fingerprint density at radius 2 is 1.59 bits per heavy atom. The van der Waals surface area contributed by atoms with Gasteiger partial charge in [0.1, 0.15) is 5.92 Å². The van der Waals surface area contributed by atoms with Gasteiger partial charge in [-0.1, -0.05) is 29.8 Å². The second kappa shape index (κ2) is 4.37. The molecule has 2 N–H and O–H groups in total. The zero-order chi connectivity index (χ0) is 12.4. The van der Waals surface area contributed by atoms with Gasteiger partial charge in [-0.25, -0.2) is 0 Å². The standard InChI is InChI=1S/C12H13N3O2/c1-7-3-5-8(6-4-7)9-10(16)14-12(13-2)15-11(9)17/h3-6,9H,1-2H3,(H2,13,14,15,16,17). The Balaban J connectivity index is 2.30. The van der Waals surface area contributed by atoms with Crippen molar-refractivity contribution in [1.29, 1.82) is 0 Å². The molecule has 1 saturated heterocycles. The van der Waals surface area contributed by atoms with Crippen molar-refractivity contribution in [2.45, 2.75) is 12.8 Å². The fourth-order valence-corrected chi connectivity index (χ4v) is 1.70. The van der Waals surface area contributed by atoms with Crippen molar-refractivity contribution in [3.63, 3.8) is 0 Å². The summed E-state index contributed by atoms with van der Waals surface area (Å²) in [5, 5.41) is 5.08. The highest BCUT2D eigenvalue weighted by molar-refractivity contribution is 6.20. The van der Waals surface area contributed by atoms with Gasteiger partial charge in [0.2, 0.25) is 17.8 Å². The molecule has 1 aliphatic rings. The number of carbonyl (C=O) groups excluding carboxylic acids is 2. The zero-order valence-corrected chi connectivity index (χ0v) is 9.65. The third-order valence-corrected chi connectivity index (χ3v) is 2.64. The Bertz CT molecular complexity index is 471. The predicted molar refractivity (Wildman–Crippen MR) is 63.6 cm³/mol. The number of hydrogen-bond acceptors (Lipinski definition) is 3. The minimum atomic E-state index is -0.805. The molecule has 1 aromatic carbocycles. The molecule has 0 spiro atoms. The van der Waals surface area contributed by atoms with Crippen LogP contribution in [-0.2, 0) is 9.59 Å². The first-order chi connectivity index (χ1) is 8.11. The summed E-state index contributed by atoms with van der Waals surface area (Å²) in [7, 11) is 1.50. The van der Waals surface area contributed by atoms with Gasteiger partial charge in [-0.3, -0.25) is 25.2 Å². The van der Waals surface area contributed by atoms with Gasteiger partial charge in [-0.05, 0) is 12.5 Å². The average molecular weight is 231 g/mol. The minimum absolute atomic E-state index is 0.198. The van der Waals surface area contributed by atoms with E-state index in [1.807, 2.05) is 19.1 Å². The molecule has 0 aliphatic carbocycles. The van der Waals surface area contributed by atoms with E-state index >= 15 is 0 Å². The van der Waals surface area contributed by atoms with Crippen molar-refractivity contribution in [3.05, 3.63) is 35.4 Å². The molecule has 2 amide bonds. The van der Waals surface area contributed by atoms with Crippen LogP contribution in [0.25, 0.3) is 0 Å². The van der Waals surface area contributed by atoms with Crippen molar-refractivity contribution >= 4 is 17.8 Å². The first-order valence-electron chi connectivity index (χ1n) is 5.27. The van der Waals surface area contributed by atoms with E-state index in [0.29, 0.717) is 5.56 Å². The Hall–Kier alpha value is -2.17. The molecule has 0 saturated carbocycles. The molecule has 1 heterocycles. The molecule has 5 nitrogen and oxygen atoms in total. The van der Waals surface area contributed by atoms with Crippen LogP contribution in [0.2, 0.25) is 0 Å². The van der Waals surface area contributed by atoms with Gasteiger partial charge in [-0.2, -0.15) is 0 Å². The summed E-state index contributed by atoms with van der Waals surface area (Å²) in [6.07, 6.45) is 0. The van der Waals surface area contributed by atoms with Gasteiger partial charge < -0.3 is 0 Å². The minimum Gasteiger partial charge on any atom is -0.295 e. The average Bonchev–Trinajstić information content (AvgIpc) is 2.30. The van der Waals surface area contributed by atoms with E-state index in [1.165, 1.54) is 7.05 Å². The second-order valence-electron chi connectivity index (χ2n) is 3.89. The fraction of sp³-hybridized carbons (Fsp3) is 0.250. The number of aryl methyl sites for hydroxylation is 1. The van der Waals surface area contributed by atoms with Gasteiger partial charge in [0, 0.05) is 7.05 Å². The quantitative estimate of drug-likeness (QED) is 0.683. The molecule has 0 radical (unpaired) electrons. The number of nitrogens with one attached hydrogen (secondary N) is 2. The first-order valence-corrected chi connectivity index (χ1v) is 5.27. The highest BCUT2D eigenvalue weighted by Gasteiger charge is 2.34. The number of benzene rings is 1. The molecular weight excluding hydrogens is 218 g/mol. The van der Waals surface area contributed by atoms with E-state index in [2.05, 4.69) is 15.6 Å². The maximum atomic E-state index is 11.8. The number of aliphatic imine (C=N–C) groups is 1. The van der Waals surface area contributed by atoms with Crippen LogP contribution in [0.5, 0.6) is 0 Å². The topological polar surface area (TPSA) is 70.6 Å². The Labute approximate surface area is 98.9 Å². The number of guanidine groups is 1. The molecular formula is C12H13N3O2. The monoisotopic (exact) mass is 231 g/mol. The molecule has 1 fully saturated rings. The van der Waals surface area contributed by atoms with E-state index < -0.39 is 5.92 Å². The van der Waals surface area contributed by atoms with Crippen molar-refractivity contribution in [2.24, 2.45) is 4.99 Å². The van der Waals surface area contributed by atoms with Crippen molar-refractivity contribution in [3.8, 4) is 0 Å². The number of carbonyl (C=O) groups is 2. The van der Waals surface area contributed by atoms with Gasteiger partial charge in [-0.15, -0.1) is 0 Å². The van der Waals surface area contributed by atoms with Gasteiger partial charge >= 0.3 is 0 Å². The third kappa shape index (κ3) is 2.18. The predicted octanol–water partition coefficient (Wildman–Crippen LogP) is 0.310.